The second-order valence-electron chi connectivity index (χ2n) is 5.57. The van der Waals surface area contributed by atoms with Gasteiger partial charge in [0.15, 0.2) is 0 Å². The Hall–Kier alpha value is -0.800. The Morgan fingerprint density at radius 2 is 2.06 bits per heavy atom. The first-order valence-electron chi connectivity index (χ1n) is 6.60. The van der Waals surface area contributed by atoms with Gasteiger partial charge in [-0.15, -0.1) is 0 Å². The highest BCUT2D eigenvalue weighted by atomic mass is 16.3. The fourth-order valence-electron chi connectivity index (χ4n) is 2.66. The Morgan fingerprint density at radius 3 is 2.65 bits per heavy atom. The highest BCUT2D eigenvalue weighted by molar-refractivity contribution is 5.05. The standard InChI is InChI=1S/C14H24N2O/c1-12-5-6-13(17-12)11-16(2)10-9-14(15)7-3-4-8-14/h5-6H,3-4,7-11,15H2,1-2H3. The van der Waals surface area contributed by atoms with Crippen LogP contribution in [0.2, 0.25) is 0 Å². The van der Waals surface area contributed by atoms with Gasteiger partial charge in [0.1, 0.15) is 11.5 Å². The zero-order chi connectivity index (χ0) is 12.3. The van der Waals surface area contributed by atoms with E-state index in [0.29, 0.717) is 0 Å². The predicted molar refractivity (Wildman–Crippen MR) is 69.8 cm³/mol. The van der Waals surface area contributed by atoms with Gasteiger partial charge in [0, 0.05) is 12.1 Å². The van der Waals surface area contributed by atoms with Crippen molar-refractivity contribution in [1.29, 1.82) is 0 Å². The maximum absolute atomic E-state index is 6.35. The minimum atomic E-state index is 0.105. The van der Waals surface area contributed by atoms with Gasteiger partial charge in [0.05, 0.1) is 6.54 Å². The quantitative estimate of drug-likeness (QED) is 0.854. The molecule has 0 saturated heterocycles. The second-order valence-corrected chi connectivity index (χ2v) is 5.57. The van der Waals surface area contributed by atoms with Gasteiger partial charge in [-0.25, -0.2) is 0 Å². The zero-order valence-corrected chi connectivity index (χ0v) is 11.0. The van der Waals surface area contributed by atoms with Crippen molar-refractivity contribution in [1.82, 2.24) is 4.90 Å². The molecule has 0 unspecified atom stereocenters. The van der Waals surface area contributed by atoms with Crippen LogP contribution in [0.3, 0.4) is 0 Å². The van der Waals surface area contributed by atoms with E-state index in [1.807, 2.05) is 13.0 Å². The summed E-state index contributed by atoms with van der Waals surface area (Å²) >= 11 is 0. The van der Waals surface area contributed by atoms with Gasteiger partial charge in [-0.3, -0.25) is 4.90 Å². The predicted octanol–water partition coefficient (Wildman–Crippen LogP) is 2.68. The van der Waals surface area contributed by atoms with Crippen molar-refractivity contribution in [2.45, 2.75) is 51.1 Å². The molecule has 1 aromatic heterocycles. The molecule has 0 amide bonds. The van der Waals surface area contributed by atoms with Crippen molar-refractivity contribution < 1.29 is 4.42 Å². The Kier molecular flexibility index (Phi) is 3.89. The topological polar surface area (TPSA) is 42.4 Å². The molecule has 3 heteroatoms. The third-order valence-corrected chi connectivity index (χ3v) is 3.81. The monoisotopic (exact) mass is 236 g/mol. The summed E-state index contributed by atoms with van der Waals surface area (Å²) in [7, 11) is 2.14. The van der Waals surface area contributed by atoms with Crippen LogP contribution in [0.1, 0.15) is 43.6 Å². The molecule has 1 heterocycles. The first-order chi connectivity index (χ1) is 8.07. The van der Waals surface area contributed by atoms with Crippen molar-refractivity contribution >= 4 is 0 Å². The van der Waals surface area contributed by atoms with Gasteiger partial charge < -0.3 is 10.2 Å². The molecule has 96 valence electrons. The molecule has 0 spiro atoms. The fourth-order valence-corrected chi connectivity index (χ4v) is 2.66. The summed E-state index contributed by atoms with van der Waals surface area (Å²) in [6.07, 6.45) is 6.10. The van der Waals surface area contributed by atoms with E-state index in [1.54, 1.807) is 0 Å². The molecule has 3 nitrogen and oxygen atoms in total. The summed E-state index contributed by atoms with van der Waals surface area (Å²) in [5.74, 6) is 2.03. The molecule has 1 aliphatic rings. The molecule has 2 N–H and O–H groups in total. The number of rotatable bonds is 5. The van der Waals surface area contributed by atoms with Crippen molar-refractivity contribution in [2.75, 3.05) is 13.6 Å². The number of aryl methyl sites for hydroxylation is 1. The van der Waals surface area contributed by atoms with Crippen molar-refractivity contribution in [2.24, 2.45) is 5.73 Å². The Morgan fingerprint density at radius 1 is 1.35 bits per heavy atom. The summed E-state index contributed by atoms with van der Waals surface area (Å²) in [4.78, 5) is 2.30. The molecule has 0 radical (unpaired) electrons. The lowest BCUT2D eigenvalue weighted by Crippen LogP contribution is -2.39. The third kappa shape index (κ3) is 3.58. The summed E-state index contributed by atoms with van der Waals surface area (Å²) in [5, 5.41) is 0. The summed E-state index contributed by atoms with van der Waals surface area (Å²) < 4.78 is 5.58. The van der Waals surface area contributed by atoms with Gasteiger partial charge in [0.2, 0.25) is 0 Å². The van der Waals surface area contributed by atoms with Gasteiger partial charge in [-0.05, 0) is 45.4 Å². The lowest BCUT2D eigenvalue weighted by atomic mass is 9.94. The highest BCUT2D eigenvalue weighted by Gasteiger charge is 2.28. The normalized spacial score (nSPS) is 19.1. The Bertz CT molecular complexity index is 353. The lowest BCUT2D eigenvalue weighted by molar-refractivity contribution is 0.254. The maximum Gasteiger partial charge on any atom is 0.118 e. The minimum absolute atomic E-state index is 0.105. The first kappa shape index (κ1) is 12.7. The molecule has 1 fully saturated rings. The van der Waals surface area contributed by atoms with Crippen LogP contribution >= 0.6 is 0 Å². The number of nitrogens with zero attached hydrogens (tertiary/aromatic N) is 1. The molecule has 1 aliphatic carbocycles. The maximum atomic E-state index is 6.35. The van der Waals surface area contributed by atoms with Gasteiger partial charge in [-0.1, -0.05) is 12.8 Å². The van der Waals surface area contributed by atoms with Crippen LogP contribution in [0.15, 0.2) is 16.5 Å². The van der Waals surface area contributed by atoms with Crippen molar-refractivity contribution in [3.63, 3.8) is 0 Å². The average molecular weight is 236 g/mol. The van der Waals surface area contributed by atoms with Crippen LogP contribution in [-0.4, -0.2) is 24.0 Å². The van der Waals surface area contributed by atoms with Crippen LogP contribution in [0, 0.1) is 6.92 Å². The largest absolute Gasteiger partial charge is 0.465 e. The molecule has 1 saturated carbocycles. The van der Waals surface area contributed by atoms with Gasteiger partial charge in [-0.2, -0.15) is 0 Å². The Labute approximate surface area is 104 Å². The summed E-state index contributed by atoms with van der Waals surface area (Å²) in [6.45, 7) is 3.91. The molecule has 0 aromatic carbocycles. The van der Waals surface area contributed by atoms with Gasteiger partial charge >= 0.3 is 0 Å². The van der Waals surface area contributed by atoms with E-state index in [0.717, 1.165) is 31.0 Å². The second kappa shape index (κ2) is 5.23. The van der Waals surface area contributed by atoms with E-state index in [2.05, 4.69) is 18.0 Å². The van der Waals surface area contributed by atoms with Crippen LogP contribution in [0.5, 0.6) is 0 Å². The van der Waals surface area contributed by atoms with E-state index in [9.17, 15) is 0 Å². The SMILES string of the molecule is Cc1ccc(CN(C)CCC2(N)CCCC2)o1. The van der Waals surface area contributed by atoms with Crippen LogP contribution in [0.25, 0.3) is 0 Å². The van der Waals surface area contributed by atoms with E-state index in [4.69, 9.17) is 10.2 Å². The molecule has 1 aromatic rings. The number of furan rings is 1. The van der Waals surface area contributed by atoms with Crippen molar-refractivity contribution in [3.05, 3.63) is 23.7 Å². The lowest BCUT2D eigenvalue weighted by Gasteiger charge is -2.26. The van der Waals surface area contributed by atoms with E-state index in [-0.39, 0.29) is 5.54 Å². The van der Waals surface area contributed by atoms with E-state index in [1.165, 1.54) is 25.7 Å². The molecule has 0 atom stereocenters. The van der Waals surface area contributed by atoms with Crippen LogP contribution in [-0.2, 0) is 6.54 Å². The first-order valence-corrected chi connectivity index (χ1v) is 6.60. The third-order valence-electron chi connectivity index (χ3n) is 3.81. The van der Waals surface area contributed by atoms with E-state index >= 15 is 0 Å². The number of hydrogen-bond donors (Lipinski definition) is 1. The van der Waals surface area contributed by atoms with E-state index < -0.39 is 0 Å². The average Bonchev–Trinajstić information content (AvgIpc) is 2.86. The van der Waals surface area contributed by atoms with Gasteiger partial charge in [0.25, 0.3) is 0 Å². The molecular weight excluding hydrogens is 212 g/mol. The molecule has 2 rings (SSSR count). The zero-order valence-electron chi connectivity index (χ0n) is 11.0. The molecule has 0 aliphatic heterocycles. The molecule has 17 heavy (non-hydrogen) atoms. The molecular formula is C14H24N2O. The summed E-state index contributed by atoms with van der Waals surface area (Å²) in [5.41, 5.74) is 6.46. The summed E-state index contributed by atoms with van der Waals surface area (Å²) in [6, 6.07) is 4.07. The Balaban J connectivity index is 1.75. The number of hydrogen-bond acceptors (Lipinski definition) is 3. The molecule has 0 bridgehead atoms. The van der Waals surface area contributed by atoms with Crippen LogP contribution in [0.4, 0.5) is 0 Å². The van der Waals surface area contributed by atoms with Crippen molar-refractivity contribution in [3.8, 4) is 0 Å². The highest BCUT2D eigenvalue weighted by Crippen LogP contribution is 2.30. The van der Waals surface area contributed by atoms with Crippen LogP contribution < -0.4 is 5.73 Å². The number of nitrogens with two attached hydrogens (primary N) is 1. The smallest absolute Gasteiger partial charge is 0.118 e. The minimum Gasteiger partial charge on any atom is -0.465 e. The fraction of sp³-hybridized carbons (Fsp3) is 0.714.